The van der Waals surface area contributed by atoms with Gasteiger partial charge in [-0.15, -0.1) is 11.8 Å². The molecule has 27 heavy (non-hydrogen) atoms. The fourth-order valence-corrected chi connectivity index (χ4v) is 3.57. The molecule has 0 atom stereocenters. The number of rotatable bonds is 6. The number of hydrogen-bond donors (Lipinski definition) is 2. The lowest BCUT2D eigenvalue weighted by molar-refractivity contribution is 0.0956. The predicted molar refractivity (Wildman–Crippen MR) is 109 cm³/mol. The summed E-state index contributed by atoms with van der Waals surface area (Å²) in [5.74, 6) is 0.547. The van der Waals surface area contributed by atoms with Gasteiger partial charge in [-0.3, -0.25) is 14.4 Å². The van der Waals surface area contributed by atoms with E-state index in [0.29, 0.717) is 29.7 Å². The summed E-state index contributed by atoms with van der Waals surface area (Å²) >= 11 is 1.68. The van der Waals surface area contributed by atoms with Gasteiger partial charge in [-0.05, 0) is 44.2 Å². The Labute approximate surface area is 160 Å². The SMILES string of the molecule is CCn1c(=O)c(=O)[nH]c2cc(C(=O)NCCSc3ccc(C)cc3)ccc21. The van der Waals surface area contributed by atoms with Gasteiger partial charge in [0.15, 0.2) is 0 Å². The van der Waals surface area contributed by atoms with Crippen LogP contribution in [0.3, 0.4) is 0 Å². The van der Waals surface area contributed by atoms with Crippen molar-refractivity contribution in [2.45, 2.75) is 25.3 Å². The molecular weight excluding hydrogens is 362 g/mol. The number of aryl methyl sites for hydroxylation is 2. The molecule has 0 saturated carbocycles. The van der Waals surface area contributed by atoms with E-state index in [4.69, 9.17) is 0 Å². The van der Waals surface area contributed by atoms with Crippen molar-refractivity contribution in [3.8, 4) is 0 Å². The Morgan fingerprint density at radius 2 is 1.89 bits per heavy atom. The number of nitrogens with zero attached hydrogens (tertiary/aromatic N) is 1. The maximum Gasteiger partial charge on any atom is 0.316 e. The van der Waals surface area contributed by atoms with Crippen LogP contribution in [0.5, 0.6) is 0 Å². The van der Waals surface area contributed by atoms with E-state index in [1.54, 1.807) is 36.9 Å². The summed E-state index contributed by atoms with van der Waals surface area (Å²) in [5, 5.41) is 2.88. The Bertz CT molecular complexity index is 1080. The molecule has 3 rings (SSSR count). The van der Waals surface area contributed by atoms with Gasteiger partial charge in [0.1, 0.15) is 0 Å². The maximum absolute atomic E-state index is 12.4. The number of benzene rings is 2. The molecule has 7 heteroatoms. The minimum atomic E-state index is -0.684. The number of aromatic amines is 1. The van der Waals surface area contributed by atoms with Crippen LogP contribution in [0.1, 0.15) is 22.8 Å². The van der Waals surface area contributed by atoms with E-state index < -0.39 is 11.1 Å². The van der Waals surface area contributed by atoms with E-state index in [1.807, 2.05) is 6.92 Å². The maximum atomic E-state index is 12.4. The number of nitrogens with one attached hydrogen (secondary N) is 2. The molecule has 6 nitrogen and oxygen atoms in total. The van der Waals surface area contributed by atoms with Crippen molar-refractivity contribution in [2.75, 3.05) is 12.3 Å². The monoisotopic (exact) mass is 383 g/mol. The van der Waals surface area contributed by atoms with Crippen LogP contribution >= 0.6 is 11.8 Å². The molecule has 1 heterocycles. The fraction of sp³-hybridized carbons (Fsp3) is 0.250. The van der Waals surface area contributed by atoms with Gasteiger partial charge < -0.3 is 14.9 Å². The first-order valence-electron chi connectivity index (χ1n) is 8.74. The number of hydrogen-bond acceptors (Lipinski definition) is 4. The minimum absolute atomic E-state index is 0.212. The lowest BCUT2D eigenvalue weighted by atomic mass is 10.1. The van der Waals surface area contributed by atoms with Crippen LogP contribution in [0.15, 0.2) is 56.9 Å². The first kappa shape index (κ1) is 19.0. The van der Waals surface area contributed by atoms with Crippen molar-refractivity contribution in [1.29, 1.82) is 0 Å². The summed E-state index contributed by atoms with van der Waals surface area (Å²) in [7, 11) is 0. The summed E-state index contributed by atoms with van der Waals surface area (Å²) in [6, 6.07) is 13.2. The topological polar surface area (TPSA) is 84.0 Å². The molecule has 0 unspecified atom stereocenters. The fourth-order valence-electron chi connectivity index (χ4n) is 2.80. The van der Waals surface area contributed by atoms with Gasteiger partial charge >= 0.3 is 11.1 Å². The van der Waals surface area contributed by atoms with Crippen molar-refractivity contribution in [3.05, 3.63) is 74.3 Å². The number of H-pyrrole nitrogens is 1. The van der Waals surface area contributed by atoms with E-state index >= 15 is 0 Å². The first-order chi connectivity index (χ1) is 13.0. The van der Waals surface area contributed by atoms with E-state index in [0.717, 1.165) is 10.6 Å². The third kappa shape index (κ3) is 4.31. The average Bonchev–Trinajstić information content (AvgIpc) is 2.67. The number of thioether (sulfide) groups is 1. The van der Waals surface area contributed by atoms with Crippen LogP contribution < -0.4 is 16.4 Å². The number of amides is 1. The van der Waals surface area contributed by atoms with Gasteiger partial charge in [0.2, 0.25) is 0 Å². The highest BCUT2D eigenvalue weighted by atomic mass is 32.2. The molecule has 0 spiro atoms. The summed E-state index contributed by atoms with van der Waals surface area (Å²) in [6.07, 6.45) is 0. The van der Waals surface area contributed by atoms with Gasteiger partial charge in [0.05, 0.1) is 11.0 Å². The molecule has 0 radical (unpaired) electrons. The van der Waals surface area contributed by atoms with Crippen molar-refractivity contribution in [3.63, 3.8) is 0 Å². The lowest BCUT2D eigenvalue weighted by Crippen LogP contribution is -2.36. The van der Waals surface area contributed by atoms with E-state index in [9.17, 15) is 14.4 Å². The van der Waals surface area contributed by atoms with Gasteiger partial charge in [-0.1, -0.05) is 17.7 Å². The predicted octanol–water partition coefficient (Wildman–Crippen LogP) is 2.54. The molecule has 0 aliphatic rings. The van der Waals surface area contributed by atoms with Crippen LogP contribution in [0, 0.1) is 6.92 Å². The zero-order valence-corrected chi connectivity index (χ0v) is 16.1. The van der Waals surface area contributed by atoms with Crippen molar-refractivity contribution in [1.82, 2.24) is 14.9 Å². The number of fused-ring (bicyclic) bond motifs is 1. The van der Waals surface area contributed by atoms with E-state index in [1.165, 1.54) is 10.1 Å². The van der Waals surface area contributed by atoms with Crippen molar-refractivity contribution in [2.24, 2.45) is 0 Å². The molecule has 2 N–H and O–H groups in total. The number of carbonyl (C=O) groups is 1. The van der Waals surface area contributed by atoms with Gasteiger partial charge in [0.25, 0.3) is 5.91 Å². The molecule has 0 bridgehead atoms. The molecule has 0 saturated heterocycles. The Morgan fingerprint density at radius 3 is 2.59 bits per heavy atom. The van der Waals surface area contributed by atoms with Crippen LogP contribution in [-0.4, -0.2) is 27.8 Å². The molecule has 1 amide bonds. The molecular formula is C20H21N3O3S. The van der Waals surface area contributed by atoms with Crippen LogP contribution in [0.4, 0.5) is 0 Å². The van der Waals surface area contributed by atoms with Crippen LogP contribution in [-0.2, 0) is 6.54 Å². The standard InChI is InChI=1S/C20H21N3O3S/c1-3-23-17-9-6-14(12-16(17)22-19(25)20(23)26)18(24)21-10-11-27-15-7-4-13(2)5-8-15/h4-9,12H,3,10-11H2,1-2H3,(H,21,24)(H,22,25). The molecule has 1 aromatic heterocycles. The molecule has 0 aliphatic heterocycles. The zero-order chi connectivity index (χ0) is 19.4. The molecule has 3 aromatic rings. The Hall–Kier alpha value is -2.80. The Morgan fingerprint density at radius 1 is 1.15 bits per heavy atom. The second-order valence-electron chi connectivity index (χ2n) is 6.15. The second-order valence-corrected chi connectivity index (χ2v) is 7.32. The smallest absolute Gasteiger partial charge is 0.316 e. The first-order valence-corrected chi connectivity index (χ1v) is 9.72. The van der Waals surface area contributed by atoms with Gasteiger partial charge in [-0.25, -0.2) is 0 Å². The Balaban J connectivity index is 1.67. The van der Waals surface area contributed by atoms with E-state index in [2.05, 4.69) is 34.6 Å². The lowest BCUT2D eigenvalue weighted by Gasteiger charge is -2.09. The van der Waals surface area contributed by atoms with Gasteiger partial charge in [0, 0.05) is 29.3 Å². The highest BCUT2D eigenvalue weighted by Gasteiger charge is 2.10. The van der Waals surface area contributed by atoms with E-state index in [-0.39, 0.29) is 5.91 Å². The normalized spacial score (nSPS) is 10.9. The quantitative estimate of drug-likeness (QED) is 0.389. The summed E-state index contributed by atoms with van der Waals surface area (Å²) in [5.41, 5.74) is 1.47. The minimum Gasteiger partial charge on any atom is -0.351 e. The number of aromatic nitrogens is 2. The van der Waals surface area contributed by atoms with Crippen molar-refractivity contribution < 1.29 is 4.79 Å². The highest BCUT2D eigenvalue weighted by molar-refractivity contribution is 7.99. The summed E-state index contributed by atoms with van der Waals surface area (Å²) < 4.78 is 1.40. The third-order valence-corrected chi connectivity index (χ3v) is 5.24. The third-order valence-electron chi connectivity index (χ3n) is 4.23. The summed E-state index contributed by atoms with van der Waals surface area (Å²) in [6.45, 7) is 4.76. The average molecular weight is 383 g/mol. The largest absolute Gasteiger partial charge is 0.351 e. The molecule has 140 valence electrons. The number of carbonyl (C=O) groups excluding carboxylic acids is 1. The highest BCUT2D eigenvalue weighted by Crippen LogP contribution is 2.17. The molecule has 2 aromatic carbocycles. The van der Waals surface area contributed by atoms with Crippen LogP contribution in [0.25, 0.3) is 11.0 Å². The summed E-state index contributed by atoms with van der Waals surface area (Å²) in [4.78, 5) is 39.7. The Kier molecular flexibility index (Phi) is 5.81. The zero-order valence-electron chi connectivity index (χ0n) is 15.2. The molecule has 0 aliphatic carbocycles. The van der Waals surface area contributed by atoms with Gasteiger partial charge in [-0.2, -0.15) is 0 Å². The van der Waals surface area contributed by atoms with Crippen LogP contribution in [0.2, 0.25) is 0 Å². The second kappa shape index (κ2) is 8.26. The van der Waals surface area contributed by atoms with Crippen molar-refractivity contribution >= 4 is 28.7 Å². The molecule has 0 fully saturated rings.